The summed E-state index contributed by atoms with van der Waals surface area (Å²) in [7, 11) is 0. The van der Waals surface area contributed by atoms with Gasteiger partial charge < -0.3 is 0 Å². The van der Waals surface area contributed by atoms with Gasteiger partial charge >= 0.3 is 0 Å². The third kappa shape index (κ3) is 1.86. The van der Waals surface area contributed by atoms with Crippen molar-refractivity contribution in [3.8, 4) is 0 Å². The number of hydrogen-bond donors (Lipinski definition) is 1. The highest BCUT2D eigenvalue weighted by molar-refractivity contribution is 9.10. The third-order valence-corrected chi connectivity index (χ3v) is 4.05. The number of aromatic amines is 1. The molecular formula is C13H13BrN2O. The number of H-pyrrole nitrogens is 1. The minimum Gasteiger partial charge on any atom is -0.299 e. The summed E-state index contributed by atoms with van der Waals surface area (Å²) in [5.74, 6) is 0. The maximum Gasteiger partial charge on any atom is 0.270 e. The van der Waals surface area contributed by atoms with E-state index < -0.39 is 0 Å². The van der Waals surface area contributed by atoms with E-state index in [0.717, 1.165) is 40.6 Å². The summed E-state index contributed by atoms with van der Waals surface area (Å²) >= 11 is 3.51. The van der Waals surface area contributed by atoms with Crippen LogP contribution >= 0.6 is 15.9 Å². The number of nitrogens with one attached hydrogen (secondary N) is 1. The molecule has 0 atom stereocenters. The number of benzene rings is 1. The lowest BCUT2D eigenvalue weighted by atomic mass is 10.2. The van der Waals surface area contributed by atoms with E-state index in [2.05, 4.69) is 21.0 Å². The molecule has 0 fully saturated rings. The summed E-state index contributed by atoms with van der Waals surface area (Å²) in [5, 5.41) is 3.22. The summed E-state index contributed by atoms with van der Waals surface area (Å²) in [4.78, 5) is 12.1. The summed E-state index contributed by atoms with van der Waals surface area (Å²) in [5.41, 5.74) is 3.38. The number of hydrogen-bond acceptors (Lipinski definition) is 1. The predicted octanol–water partition coefficient (Wildman–Crippen LogP) is 2.48. The molecule has 88 valence electrons. The number of fused-ring (bicyclic) bond motifs is 1. The third-order valence-electron chi connectivity index (χ3n) is 3.28. The van der Waals surface area contributed by atoms with Gasteiger partial charge in [-0.05, 0) is 30.9 Å². The minimum absolute atomic E-state index is 0.147. The van der Waals surface area contributed by atoms with E-state index in [1.807, 2.05) is 24.3 Å². The Kier molecular flexibility index (Phi) is 2.67. The predicted molar refractivity (Wildman–Crippen MR) is 70.3 cm³/mol. The molecule has 0 spiro atoms. The monoisotopic (exact) mass is 292 g/mol. The van der Waals surface area contributed by atoms with Gasteiger partial charge in [-0.1, -0.05) is 34.1 Å². The molecule has 1 aliphatic rings. The van der Waals surface area contributed by atoms with Crippen molar-refractivity contribution < 1.29 is 0 Å². The van der Waals surface area contributed by atoms with Crippen LogP contribution in [-0.2, 0) is 19.4 Å². The molecule has 0 unspecified atom stereocenters. The van der Waals surface area contributed by atoms with Crippen molar-refractivity contribution in [1.82, 2.24) is 9.78 Å². The fourth-order valence-electron chi connectivity index (χ4n) is 2.39. The summed E-state index contributed by atoms with van der Waals surface area (Å²) in [6.07, 6.45) is 3.04. The molecule has 1 aliphatic carbocycles. The summed E-state index contributed by atoms with van der Waals surface area (Å²) in [6, 6.07) is 7.99. The quantitative estimate of drug-likeness (QED) is 0.907. The van der Waals surface area contributed by atoms with Crippen LogP contribution in [0.2, 0.25) is 0 Å². The van der Waals surface area contributed by atoms with Crippen molar-refractivity contribution in [2.24, 2.45) is 0 Å². The first-order chi connectivity index (χ1) is 8.25. The van der Waals surface area contributed by atoms with E-state index in [4.69, 9.17) is 0 Å². The van der Waals surface area contributed by atoms with Crippen LogP contribution in [0.15, 0.2) is 33.5 Å². The lowest BCUT2D eigenvalue weighted by Gasteiger charge is -2.05. The molecule has 0 saturated heterocycles. The molecule has 0 aliphatic heterocycles. The Morgan fingerprint density at radius 3 is 2.88 bits per heavy atom. The lowest BCUT2D eigenvalue weighted by molar-refractivity contribution is 0.640. The van der Waals surface area contributed by atoms with Gasteiger partial charge in [0.1, 0.15) is 0 Å². The molecule has 1 N–H and O–H groups in total. The van der Waals surface area contributed by atoms with Gasteiger partial charge in [-0.25, -0.2) is 4.68 Å². The highest BCUT2D eigenvalue weighted by Crippen LogP contribution is 2.19. The molecule has 4 heteroatoms. The molecule has 0 saturated carbocycles. The molecule has 2 aromatic rings. The molecule has 3 nitrogen and oxygen atoms in total. The van der Waals surface area contributed by atoms with Crippen molar-refractivity contribution >= 4 is 15.9 Å². The van der Waals surface area contributed by atoms with Gasteiger partial charge in [0.2, 0.25) is 0 Å². The zero-order valence-corrected chi connectivity index (χ0v) is 11.0. The van der Waals surface area contributed by atoms with Gasteiger partial charge in [0.25, 0.3) is 5.56 Å². The molecule has 0 amide bonds. The van der Waals surface area contributed by atoms with Gasteiger partial charge in [0.05, 0.1) is 6.54 Å². The van der Waals surface area contributed by atoms with Crippen LogP contribution in [0.4, 0.5) is 0 Å². The van der Waals surface area contributed by atoms with Crippen LogP contribution in [0.25, 0.3) is 0 Å². The maximum absolute atomic E-state index is 12.1. The largest absolute Gasteiger partial charge is 0.299 e. The Bertz CT molecular complexity index is 612. The second kappa shape index (κ2) is 4.18. The molecule has 0 bridgehead atoms. The van der Waals surface area contributed by atoms with Gasteiger partial charge in [0, 0.05) is 15.7 Å². The fraction of sp³-hybridized carbons (Fsp3) is 0.308. The van der Waals surface area contributed by atoms with Crippen LogP contribution in [0.1, 0.15) is 23.2 Å². The van der Waals surface area contributed by atoms with Crippen LogP contribution in [0, 0.1) is 0 Å². The highest BCUT2D eigenvalue weighted by Gasteiger charge is 2.19. The standard InChI is InChI=1S/C13H13BrN2O/c14-11-6-2-1-4-9(11)8-16-13(17)10-5-3-7-12(10)15-16/h1-2,4,6,15H,3,5,7-8H2. The molecule has 1 heterocycles. The van der Waals surface area contributed by atoms with E-state index in [-0.39, 0.29) is 5.56 Å². The number of rotatable bonds is 2. The smallest absolute Gasteiger partial charge is 0.270 e. The zero-order valence-electron chi connectivity index (χ0n) is 9.37. The van der Waals surface area contributed by atoms with Crippen LogP contribution < -0.4 is 5.56 Å². The van der Waals surface area contributed by atoms with Crippen molar-refractivity contribution in [3.63, 3.8) is 0 Å². The van der Waals surface area contributed by atoms with E-state index in [9.17, 15) is 4.79 Å². The normalized spacial score (nSPS) is 13.9. The molecule has 0 radical (unpaired) electrons. The average molecular weight is 293 g/mol. The van der Waals surface area contributed by atoms with Crippen LogP contribution in [-0.4, -0.2) is 9.78 Å². The van der Waals surface area contributed by atoms with E-state index in [1.54, 1.807) is 4.68 Å². The van der Waals surface area contributed by atoms with Crippen LogP contribution in [0.3, 0.4) is 0 Å². The van der Waals surface area contributed by atoms with Crippen molar-refractivity contribution in [2.45, 2.75) is 25.8 Å². The highest BCUT2D eigenvalue weighted by atomic mass is 79.9. The van der Waals surface area contributed by atoms with Crippen molar-refractivity contribution in [2.75, 3.05) is 0 Å². The number of nitrogens with zero attached hydrogens (tertiary/aromatic N) is 1. The lowest BCUT2D eigenvalue weighted by Crippen LogP contribution is -2.19. The maximum atomic E-state index is 12.1. The van der Waals surface area contributed by atoms with E-state index in [0.29, 0.717) is 6.54 Å². The number of aromatic nitrogens is 2. The second-order valence-corrected chi connectivity index (χ2v) is 5.26. The van der Waals surface area contributed by atoms with Crippen LogP contribution in [0.5, 0.6) is 0 Å². The Balaban J connectivity index is 1.97. The van der Waals surface area contributed by atoms with Gasteiger partial charge in [-0.2, -0.15) is 0 Å². The zero-order chi connectivity index (χ0) is 11.8. The second-order valence-electron chi connectivity index (χ2n) is 4.41. The molecule has 1 aromatic carbocycles. The Hall–Kier alpha value is -1.29. The summed E-state index contributed by atoms with van der Waals surface area (Å²) in [6.45, 7) is 0.604. The summed E-state index contributed by atoms with van der Waals surface area (Å²) < 4.78 is 2.76. The first-order valence-corrected chi connectivity index (χ1v) is 6.59. The van der Waals surface area contributed by atoms with E-state index in [1.165, 1.54) is 0 Å². The Morgan fingerprint density at radius 2 is 2.12 bits per heavy atom. The average Bonchev–Trinajstić information content (AvgIpc) is 2.87. The minimum atomic E-state index is 0.147. The molecule has 3 rings (SSSR count). The fourth-order valence-corrected chi connectivity index (χ4v) is 2.80. The first-order valence-electron chi connectivity index (χ1n) is 5.79. The Morgan fingerprint density at radius 1 is 1.29 bits per heavy atom. The first kappa shape index (κ1) is 10.8. The van der Waals surface area contributed by atoms with Gasteiger partial charge in [-0.3, -0.25) is 9.89 Å². The van der Waals surface area contributed by atoms with Gasteiger partial charge in [-0.15, -0.1) is 0 Å². The van der Waals surface area contributed by atoms with E-state index >= 15 is 0 Å². The SMILES string of the molecule is O=c1c2c([nH]n1Cc1ccccc1Br)CCC2. The van der Waals surface area contributed by atoms with Crippen molar-refractivity contribution in [3.05, 3.63) is 55.9 Å². The number of halogens is 1. The topological polar surface area (TPSA) is 37.8 Å². The molecular weight excluding hydrogens is 280 g/mol. The van der Waals surface area contributed by atoms with Crippen molar-refractivity contribution in [1.29, 1.82) is 0 Å². The Labute approximate surface area is 108 Å². The molecule has 17 heavy (non-hydrogen) atoms. The molecule has 1 aromatic heterocycles. The number of aryl methyl sites for hydroxylation is 1. The van der Waals surface area contributed by atoms with Gasteiger partial charge in [0.15, 0.2) is 0 Å².